The lowest BCUT2D eigenvalue weighted by Gasteiger charge is -2.09. The number of carbonyl (C=O) groups excluding carboxylic acids is 1. The number of methoxy groups -OCH3 is 1. The summed E-state index contributed by atoms with van der Waals surface area (Å²) < 4.78 is 23.4. The first-order valence-corrected chi connectivity index (χ1v) is 5.21. The Morgan fingerprint density at radius 2 is 2.12 bits per heavy atom. The van der Waals surface area contributed by atoms with Crippen LogP contribution in [-0.2, 0) is 4.74 Å². The number of ketones is 1. The van der Waals surface area contributed by atoms with Crippen molar-refractivity contribution in [3.63, 3.8) is 0 Å². The maximum Gasteiger partial charge on any atom is 0.166 e. The largest absolute Gasteiger partial charge is 0.507 e. The molecule has 4 nitrogen and oxygen atoms in total. The van der Waals surface area contributed by atoms with Crippen LogP contribution in [0.1, 0.15) is 23.7 Å². The maximum absolute atomic E-state index is 13.5. The fourth-order valence-corrected chi connectivity index (χ4v) is 1.32. The Morgan fingerprint density at radius 3 is 2.71 bits per heavy atom. The Bertz CT molecular complexity index is 404. The molecule has 1 aromatic carbocycles. The van der Waals surface area contributed by atoms with Gasteiger partial charge in [-0.25, -0.2) is 4.39 Å². The van der Waals surface area contributed by atoms with Gasteiger partial charge in [0.25, 0.3) is 0 Å². The summed E-state index contributed by atoms with van der Waals surface area (Å²) in [5.41, 5.74) is -0.0493. The summed E-state index contributed by atoms with van der Waals surface area (Å²) in [4.78, 5) is 11.0. The first-order valence-electron chi connectivity index (χ1n) is 5.21. The van der Waals surface area contributed by atoms with Crippen molar-refractivity contribution in [3.8, 4) is 11.5 Å². The maximum atomic E-state index is 13.5. The van der Waals surface area contributed by atoms with Gasteiger partial charge in [0, 0.05) is 26.2 Å². The van der Waals surface area contributed by atoms with Gasteiger partial charge in [0.1, 0.15) is 5.75 Å². The van der Waals surface area contributed by atoms with Gasteiger partial charge >= 0.3 is 0 Å². The third-order valence-electron chi connectivity index (χ3n) is 2.18. The average molecular weight is 242 g/mol. The normalized spacial score (nSPS) is 10.3. The molecule has 0 spiro atoms. The molecule has 1 aromatic rings. The first-order chi connectivity index (χ1) is 8.06. The molecule has 17 heavy (non-hydrogen) atoms. The molecule has 0 bridgehead atoms. The number of halogens is 1. The third kappa shape index (κ3) is 3.71. The summed E-state index contributed by atoms with van der Waals surface area (Å²) in [7, 11) is 1.56. The Labute approximate surface area is 99.0 Å². The Hall–Kier alpha value is -1.62. The van der Waals surface area contributed by atoms with Crippen molar-refractivity contribution >= 4 is 5.78 Å². The molecule has 0 aliphatic carbocycles. The van der Waals surface area contributed by atoms with Gasteiger partial charge in [-0.1, -0.05) is 0 Å². The molecule has 0 aliphatic heterocycles. The van der Waals surface area contributed by atoms with Gasteiger partial charge in [-0.05, 0) is 13.0 Å². The predicted molar refractivity (Wildman–Crippen MR) is 60.1 cm³/mol. The molecule has 0 unspecified atom stereocenters. The van der Waals surface area contributed by atoms with Crippen LogP contribution in [0.15, 0.2) is 12.1 Å². The van der Waals surface area contributed by atoms with Crippen LogP contribution in [0, 0.1) is 5.82 Å². The zero-order chi connectivity index (χ0) is 12.8. The van der Waals surface area contributed by atoms with Crippen molar-refractivity contribution in [2.75, 3.05) is 20.3 Å². The second-order valence-electron chi connectivity index (χ2n) is 3.55. The number of aromatic hydroxyl groups is 1. The van der Waals surface area contributed by atoms with Crippen LogP contribution in [0.25, 0.3) is 0 Å². The van der Waals surface area contributed by atoms with Crippen molar-refractivity contribution in [2.45, 2.75) is 13.3 Å². The molecule has 0 aliphatic rings. The Kier molecular flexibility index (Phi) is 4.90. The summed E-state index contributed by atoms with van der Waals surface area (Å²) in [6.45, 7) is 2.05. The predicted octanol–water partition coefficient (Wildman–Crippen LogP) is 2.15. The number of benzene rings is 1. The van der Waals surface area contributed by atoms with Gasteiger partial charge in [0.2, 0.25) is 0 Å². The highest BCUT2D eigenvalue weighted by Crippen LogP contribution is 2.27. The number of carbonyl (C=O) groups is 1. The molecular weight excluding hydrogens is 227 g/mol. The SMILES string of the molecule is COCCCOc1cc(O)c(C(C)=O)cc1F. The van der Waals surface area contributed by atoms with Crippen LogP contribution in [0.2, 0.25) is 0 Å². The van der Waals surface area contributed by atoms with Crippen LogP contribution in [0.5, 0.6) is 11.5 Å². The second-order valence-corrected chi connectivity index (χ2v) is 3.55. The van der Waals surface area contributed by atoms with Crippen LogP contribution in [0.4, 0.5) is 4.39 Å². The number of phenols is 1. The Balaban J connectivity index is 2.74. The molecule has 0 atom stereocenters. The van der Waals surface area contributed by atoms with E-state index in [9.17, 15) is 14.3 Å². The summed E-state index contributed by atoms with van der Waals surface area (Å²) in [6, 6.07) is 2.09. The van der Waals surface area contributed by atoms with Crippen molar-refractivity contribution < 1.29 is 23.8 Å². The van der Waals surface area contributed by atoms with E-state index in [1.165, 1.54) is 6.92 Å². The molecular formula is C12H15FO4. The fourth-order valence-electron chi connectivity index (χ4n) is 1.32. The molecule has 0 fully saturated rings. The molecule has 0 radical (unpaired) electrons. The quantitative estimate of drug-likeness (QED) is 0.613. The lowest BCUT2D eigenvalue weighted by molar-refractivity contribution is 0.101. The van der Waals surface area contributed by atoms with Crippen LogP contribution in [-0.4, -0.2) is 31.2 Å². The molecule has 0 aromatic heterocycles. The van der Waals surface area contributed by atoms with E-state index in [0.717, 1.165) is 12.1 Å². The van der Waals surface area contributed by atoms with E-state index >= 15 is 0 Å². The van der Waals surface area contributed by atoms with Gasteiger partial charge in [0.15, 0.2) is 17.3 Å². The lowest BCUT2D eigenvalue weighted by atomic mass is 10.1. The minimum atomic E-state index is -0.662. The Morgan fingerprint density at radius 1 is 1.41 bits per heavy atom. The van der Waals surface area contributed by atoms with E-state index in [-0.39, 0.29) is 23.7 Å². The summed E-state index contributed by atoms with van der Waals surface area (Å²) in [5, 5.41) is 9.50. The average Bonchev–Trinajstić information content (AvgIpc) is 2.28. The molecule has 1 N–H and O–H groups in total. The van der Waals surface area contributed by atoms with Gasteiger partial charge < -0.3 is 14.6 Å². The van der Waals surface area contributed by atoms with Gasteiger partial charge in [-0.2, -0.15) is 0 Å². The summed E-state index contributed by atoms with van der Waals surface area (Å²) in [6.07, 6.45) is 0.616. The van der Waals surface area contributed by atoms with E-state index in [4.69, 9.17) is 9.47 Å². The highest BCUT2D eigenvalue weighted by Gasteiger charge is 2.13. The van der Waals surface area contributed by atoms with Crippen molar-refractivity contribution in [1.29, 1.82) is 0 Å². The standard InChI is InChI=1S/C12H15FO4/c1-8(14)9-6-10(13)12(7-11(9)15)17-5-3-4-16-2/h6-7,15H,3-5H2,1-2H3. The highest BCUT2D eigenvalue weighted by molar-refractivity contribution is 5.96. The molecule has 0 saturated carbocycles. The number of ether oxygens (including phenoxy) is 2. The summed E-state index contributed by atoms with van der Waals surface area (Å²) in [5.74, 6) is -1.40. The van der Waals surface area contributed by atoms with Gasteiger partial charge in [-0.3, -0.25) is 4.79 Å². The minimum absolute atomic E-state index is 0.0493. The molecule has 0 heterocycles. The van der Waals surface area contributed by atoms with Crippen molar-refractivity contribution in [3.05, 3.63) is 23.5 Å². The van der Waals surface area contributed by atoms with E-state index in [2.05, 4.69) is 0 Å². The monoisotopic (exact) mass is 242 g/mol. The van der Waals surface area contributed by atoms with E-state index in [1.54, 1.807) is 7.11 Å². The smallest absolute Gasteiger partial charge is 0.166 e. The van der Waals surface area contributed by atoms with Crippen LogP contribution < -0.4 is 4.74 Å². The second kappa shape index (κ2) is 6.20. The zero-order valence-electron chi connectivity index (χ0n) is 9.83. The number of rotatable bonds is 6. The molecule has 1 rings (SSSR count). The number of phenolic OH excluding ortho intramolecular Hbond substituents is 1. The number of hydrogen-bond donors (Lipinski definition) is 1. The zero-order valence-corrected chi connectivity index (χ0v) is 9.83. The van der Waals surface area contributed by atoms with E-state index in [1.807, 2.05) is 0 Å². The van der Waals surface area contributed by atoms with E-state index in [0.29, 0.717) is 13.0 Å². The first kappa shape index (κ1) is 13.4. The number of Topliss-reactive ketones (excluding diaryl/α,β-unsaturated/α-hetero) is 1. The minimum Gasteiger partial charge on any atom is -0.507 e. The summed E-state index contributed by atoms with van der Waals surface area (Å²) >= 11 is 0. The fraction of sp³-hybridized carbons (Fsp3) is 0.417. The van der Waals surface area contributed by atoms with Gasteiger partial charge in [-0.15, -0.1) is 0 Å². The molecule has 94 valence electrons. The molecule has 0 amide bonds. The van der Waals surface area contributed by atoms with Crippen LogP contribution in [0.3, 0.4) is 0 Å². The number of hydrogen-bond acceptors (Lipinski definition) is 4. The molecule has 0 saturated heterocycles. The van der Waals surface area contributed by atoms with Crippen molar-refractivity contribution in [1.82, 2.24) is 0 Å². The van der Waals surface area contributed by atoms with Crippen LogP contribution >= 0.6 is 0 Å². The molecule has 5 heteroatoms. The van der Waals surface area contributed by atoms with Gasteiger partial charge in [0.05, 0.1) is 12.2 Å². The third-order valence-corrected chi connectivity index (χ3v) is 2.18. The topological polar surface area (TPSA) is 55.8 Å². The van der Waals surface area contributed by atoms with Crippen molar-refractivity contribution in [2.24, 2.45) is 0 Å². The van der Waals surface area contributed by atoms with E-state index < -0.39 is 11.6 Å². The lowest BCUT2D eigenvalue weighted by Crippen LogP contribution is -2.04. The highest BCUT2D eigenvalue weighted by atomic mass is 19.1.